The number of nitrogens with zero attached hydrogens (tertiary/aromatic N) is 3. The Bertz CT molecular complexity index is 1400. The number of aromatic carboxylic acids is 1. The SMILES string of the molecule is C=CCn1c(COc2ccc3ccccc3c2C)nnc1SCC(=O)Nc1cccc(C(=O)O)c1. The second kappa shape index (κ2) is 10.9. The highest BCUT2D eigenvalue weighted by Gasteiger charge is 2.15. The lowest BCUT2D eigenvalue weighted by molar-refractivity contribution is -0.113. The Balaban J connectivity index is 1.42. The van der Waals surface area contributed by atoms with Crippen molar-refractivity contribution in [2.24, 2.45) is 0 Å². The van der Waals surface area contributed by atoms with Gasteiger partial charge in [-0.05, 0) is 47.5 Å². The molecule has 0 aliphatic rings. The van der Waals surface area contributed by atoms with Crippen LogP contribution in [-0.4, -0.2) is 37.5 Å². The van der Waals surface area contributed by atoms with Crippen molar-refractivity contribution in [2.75, 3.05) is 11.1 Å². The first-order valence-electron chi connectivity index (χ1n) is 10.9. The fourth-order valence-electron chi connectivity index (χ4n) is 3.61. The van der Waals surface area contributed by atoms with Gasteiger partial charge in [-0.25, -0.2) is 4.79 Å². The number of carboxylic acids is 1. The monoisotopic (exact) mass is 488 g/mol. The molecule has 4 aromatic rings. The molecule has 0 saturated heterocycles. The molecule has 0 saturated carbocycles. The number of aryl methyl sites for hydroxylation is 1. The molecule has 0 atom stereocenters. The molecule has 1 heterocycles. The van der Waals surface area contributed by atoms with E-state index in [4.69, 9.17) is 9.84 Å². The summed E-state index contributed by atoms with van der Waals surface area (Å²) in [5.74, 6) is 0.137. The number of anilines is 1. The Morgan fingerprint density at radius 2 is 1.97 bits per heavy atom. The van der Waals surface area contributed by atoms with Crippen molar-refractivity contribution in [2.45, 2.75) is 25.2 Å². The lowest BCUT2D eigenvalue weighted by atomic mass is 10.0. The van der Waals surface area contributed by atoms with Crippen LogP contribution in [0.2, 0.25) is 0 Å². The van der Waals surface area contributed by atoms with E-state index < -0.39 is 5.97 Å². The average Bonchev–Trinajstić information content (AvgIpc) is 3.24. The van der Waals surface area contributed by atoms with Crippen molar-refractivity contribution in [3.8, 4) is 5.75 Å². The van der Waals surface area contributed by atoms with Crippen LogP contribution >= 0.6 is 11.8 Å². The van der Waals surface area contributed by atoms with Gasteiger partial charge in [0.25, 0.3) is 0 Å². The Morgan fingerprint density at radius 3 is 2.77 bits per heavy atom. The lowest BCUT2D eigenvalue weighted by Gasteiger charge is -2.12. The number of carbonyl (C=O) groups is 2. The van der Waals surface area contributed by atoms with Crippen molar-refractivity contribution < 1.29 is 19.4 Å². The maximum Gasteiger partial charge on any atom is 0.335 e. The number of carboxylic acid groups (broad SMARTS) is 1. The summed E-state index contributed by atoms with van der Waals surface area (Å²) in [6.07, 6.45) is 1.73. The smallest absolute Gasteiger partial charge is 0.335 e. The van der Waals surface area contributed by atoms with Gasteiger partial charge < -0.3 is 15.2 Å². The van der Waals surface area contributed by atoms with Gasteiger partial charge in [0.1, 0.15) is 12.4 Å². The zero-order valence-electron chi connectivity index (χ0n) is 19.1. The normalized spacial score (nSPS) is 10.8. The third kappa shape index (κ3) is 5.70. The number of nitrogens with one attached hydrogen (secondary N) is 1. The van der Waals surface area contributed by atoms with Crippen LogP contribution in [0.5, 0.6) is 5.75 Å². The third-order valence-electron chi connectivity index (χ3n) is 5.34. The summed E-state index contributed by atoms with van der Waals surface area (Å²) in [5, 5.41) is 23.1. The molecule has 0 radical (unpaired) electrons. The van der Waals surface area contributed by atoms with E-state index in [0.717, 1.165) is 22.1 Å². The van der Waals surface area contributed by atoms with Gasteiger partial charge in [0.2, 0.25) is 5.91 Å². The van der Waals surface area contributed by atoms with Gasteiger partial charge in [-0.1, -0.05) is 54.2 Å². The number of amides is 1. The third-order valence-corrected chi connectivity index (χ3v) is 6.30. The van der Waals surface area contributed by atoms with Gasteiger partial charge >= 0.3 is 5.97 Å². The largest absolute Gasteiger partial charge is 0.485 e. The molecule has 2 N–H and O–H groups in total. The van der Waals surface area contributed by atoms with Crippen LogP contribution in [0, 0.1) is 6.92 Å². The summed E-state index contributed by atoms with van der Waals surface area (Å²) in [6.45, 7) is 6.51. The molecule has 0 bridgehead atoms. The highest BCUT2D eigenvalue weighted by molar-refractivity contribution is 7.99. The molecule has 1 amide bonds. The van der Waals surface area contributed by atoms with E-state index in [2.05, 4.69) is 34.2 Å². The maximum absolute atomic E-state index is 12.4. The first-order chi connectivity index (χ1) is 17.0. The second-order valence-electron chi connectivity index (χ2n) is 7.72. The van der Waals surface area contributed by atoms with Crippen molar-refractivity contribution >= 4 is 40.1 Å². The van der Waals surface area contributed by atoms with Gasteiger partial charge in [0, 0.05) is 12.2 Å². The summed E-state index contributed by atoms with van der Waals surface area (Å²) in [7, 11) is 0. The molecule has 3 aromatic carbocycles. The molecule has 9 heteroatoms. The molecule has 0 aliphatic heterocycles. The predicted molar refractivity (Wildman–Crippen MR) is 136 cm³/mol. The number of hydrogen-bond acceptors (Lipinski definition) is 6. The van der Waals surface area contributed by atoms with Crippen molar-refractivity contribution in [1.29, 1.82) is 0 Å². The zero-order valence-corrected chi connectivity index (χ0v) is 19.9. The van der Waals surface area contributed by atoms with E-state index >= 15 is 0 Å². The number of ether oxygens (including phenoxy) is 1. The molecule has 0 aliphatic carbocycles. The molecule has 4 rings (SSSR count). The Morgan fingerprint density at radius 1 is 1.14 bits per heavy atom. The van der Waals surface area contributed by atoms with E-state index in [9.17, 15) is 9.59 Å². The number of hydrogen-bond donors (Lipinski definition) is 2. The molecular formula is C26H24N4O4S. The minimum atomic E-state index is -1.05. The standard InChI is InChI=1S/C26H24N4O4S/c1-3-13-30-23(15-34-22-12-11-18-7-4-5-10-21(18)17(22)2)28-29-26(30)35-16-24(31)27-20-9-6-8-19(14-20)25(32)33/h3-12,14H,1,13,15-16H2,2H3,(H,27,31)(H,32,33). The fourth-order valence-corrected chi connectivity index (χ4v) is 4.37. The number of aromatic nitrogens is 3. The van der Waals surface area contributed by atoms with Crippen LogP contribution in [-0.2, 0) is 17.9 Å². The second-order valence-corrected chi connectivity index (χ2v) is 8.66. The van der Waals surface area contributed by atoms with Crippen LogP contribution < -0.4 is 10.1 Å². The number of benzene rings is 3. The number of allylic oxidation sites excluding steroid dienone is 1. The van der Waals surface area contributed by atoms with E-state index in [1.807, 2.05) is 35.8 Å². The number of fused-ring (bicyclic) bond motifs is 1. The molecular weight excluding hydrogens is 464 g/mol. The summed E-state index contributed by atoms with van der Waals surface area (Å²) >= 11 is 1.23. The number of rotatable bonds is 10. The molecule has 35 heavy (non-hydrogen) atoms. The molecule has 178 valence electrons. The fraction of sp³-hybridized carbons (Fsp3) is 0.154. The molecule has 0 fully saturated rings. The summed E-state index contributed by atoms with van der Waals surface area (Å²) in [6, 6.07) is 18.2. The molecule has 0 spiro atoms. The van der Waals surface area contributed by atoms with Crippen LogP contribution in [0.1, 0.15) is 21.7 Å². The minimum Gasteiger partial charge on any atom is -0.485 e. The molecule has 8 nitrogen and oxygen atoms in total. The quantitative estimate of drug-likeness (QED) is 0.241. The topological polar surface area (TPSA) is 106 Å². The maximum atomic E-state index is 12.4. The van der Waals surface area contributed by atoms with E-state index in [1.165, 1.54) is 23.9 Å². The first kappa shape index (κ1) is 24.0. The van der Waals surface area contributed by atoms with Crippen molar-refractivity contribution in [3.63, 3.8) is 0 Å². The highest BCUT2D eigenvalue weighted by Crippen LogP contribution is 2.28. The molecule has 1 aromatic heterocycles. The van der Waals surface area contributed by atoms with E-state index in [-0.39, 0.29) is 23.8 Å². The zero-order chi connectivity index (χ0) is 24.8. The van der Waals surface area contributed by atoms with Gasteiger partial charge in [0.05, 0.1) is 11.3 Å². The van der Waals surface area contributed by atoms with Gasteiger partial charge in [0.15, 0.2) is 11.0 Å². The van der Waals surface area contributed by atoms with Gasteiger partial charge in [-0.15, -0.1) is 16.8 Å². The summed E-state index contributed by atoms with van der Waals surface area (Å²) in [4.78, 5) is 23.5. The van der Waals surface area contributed by atoms with Gasteiger partial charge in [-0.2, -0.15) is 0 Å². The average molecular weight is 489 g/mol. The Kier molecular flexibility index (Phi) is 7.47. The summed E-state index contributed by atoms with van der Waals surface area (Å²) < 4.78 is 7.93. The Hall–Kier alpha value is -4.11. The number of thioether (sulfide) groups is 1. The molecule has 0 unspecified atom stereocenters. The highest BCUT2D eigenvalue weighted by atomic mass is 32.2. The summed E-state index contributed by atoms with van der Waals surface area (Å²) in [5.41, 5.74) is 1.58. The number of carbonyl (C=O) groups excluding carboxylic acids is 1. The van der Waals surface area contributed by atoms with Gasteiger partial charge in [-0.3, -0.25) is 9.36 Å². The minimum absolute atomic E-state index is 0.0806. The van der Waals surface area contributed by atoms with Crippen LogP contribution in [0.15, 0.2) is 78.5 Å². The van der Waals surface area contributed by atoms with Crippen LogP contribution in [0.4, 0.5) is 5.69 Å². The van der Waals surface area contributed by atoms with Crippen molar-refractivity contribution in [1.82, 2.24) is 14.8 Å². The van der Waals surface area contributed by atoms with Crippen molar-refractivity contribution in [3.05, 3.63) is 90.3 Å². The predicted octanol–water partition coefficient (Wildman–Crippen LogP) is 4.93. The lowest BCUT2D eigenvalue weighted by Crippen LogP contribution is -2.15. The first-order valence-corrected chi connectivity index (χ1v) is 11.8. The van der Waals surface area contributed by atoms with Crippen LogP contribution in [0.3, 0.4) is 0 Å². The Labute approximate surface area is 206 Å². The van der Waals surface area contributed by atoms with E-state index in [1.54, 1.807) is 18.2 Å². The van der Waals surface area contributed by atoms with E-state index in [0.29, 0.717) is 23.2 Å². The van der Waals surface area contributed by atoms with Crippen LogP contribution in [0.25, 0.3) is 10.8 Å².